The first-order chi connectivity index (χ1) is 15.0. The van der Waals surface area contributed by atoms with Crippen molar-refractivity contribution in [3.05, 3.63) is 59.9 Å². The number of likely N-dealkylation sites (tertiary alicyclic amines) is 1. The number of sulfonamides is 1. The summed E-state index contributed by atoms with van der Waals surface area (Å²) in [6.45, 7) is 4.35. The van der Waals surface area contributed by atoms with Gasteiger partial charge >= 0.3 is 0 Å². The molecule has 0 unspecified atom stereocenters. The quantitative estimate of drug-likeness (QED) is 0.653. The summed E-state index contributed by atoms with van der Waals surface area (Å²) in [5.74, 6) is -0.995. The Labute approximate surface area is 188 Å². The van der Waals surface area contributed by atoms with Crippen molar-refractivity contribution in [1.29, 1.82) is 0 Å². The van der Waals surface area contributed by atoms with Gasteiger partial charge in [-0.1, -0.05) is 32.0 Å². The third-order valence-corrected chi connectivity index (χ3v) is 9.32. The van der Waals surface area contributed by atoms with Crippen LogP contribution >= 0.6 is 0 Å². The van der Waals surface area contributed by atoms with Crippen LogP contribution in [0.15, 0.2) is 53.4 Å². The number of halogens is 1. The predicted molar refractivity (Wildman–Crippen MR) is 121 cm³/mol. The molecular weight excluding hydrogens is 455 g/mol. The van der Waals surface area contributed by atoms with Crippen molar-refractivity contribution in [3.63, 3.8) is 0 Å². The summed E-state index contributed by atoms with van der Waals surface area (Å²) in [5, 5.41) is -0.451. The van der Waals surface area contributed by atoms with Gasteiger partial charge in [-0.25, -0.2) is 21.2 Å². The van der Waals surface area contributed by atoms with Crippen LogP contribution in [0.25, 0.3) is 0 Å². The average molecular weight is 483 g/mol. The Bertz CT molecular complexity index is 1190. The summed E-state index contributed by atoms with van der Waals surface area (Å²) < 4.78 is 66.1. The van der Waals surface area contributed by atoms with Gasteiger partial charge in [0, 0.05) is 24.3 Å². The highest BCUT2D eigenvalue weighted by molar-refractivity contribution is 7.92. The van der Waals surface area contributed by atoms with Gasteiger partial charge in [-0.2, -0.15) is 0 Å². The number of nitrogens with zero attached hydrogens (tertiary/aromatic N) is 1. The first-order valence-corrected chi connectivity index (χ1v) is 13.6. The number of hydrogen-bond donors (Lipinski definition) is 1. The predicted octanol–water partition coefficient (Wildman–Crippen LogP) is 3.30. The Morgan fingerprint density at radius 1 is 1.06 bits per heavy atom. The smallest absolute Gasteiger partial charge is 0.264 e. The van der Waals surface area contributed by atoms with E-state index < -0.39 is 35.8 Å². The zero-order valence-electron chi connectivity index (χ0n) is 18.0. The lowest BCUT2D eigenvalue weighted by atomic mass is 10.1. The van der Waals surface area contributed by atoms with E-state index in [-0.39, 0.29) is 28.8 Å². The van der Waals surface area contributed by atoms with E-state index in [4.69, 9.17) is 0 Å². The number of amides is 1. The van der Waals surface area contributed by atoms with Gasteiger partial charge in [0.1, 0.15) is 10.7 Å². The first kappa shape index (κ1) is 24.2. The first-order valence-electron chi connectivity index (χ1n) is 10.4. The molecule has 0 aromatic heterocycles. The van der Waals surface area contributed by atoms with E-state index in [0.29, 0.717) is 25.9 Å². The van der Waals surface area contributed by atoms with E-state index in [0.717, 1.165) is 12.1 Å². The molecule has 1 fully saturated rings. The summed E-state index contributed by atoms with van der Waals surface area (Å²) in [6, 6.07) is 11.0. The number of rotatable bonds is 7. The van der Waals surface area contributed by atoms with Crippen LogP contribution in [0.4, 0.5) is 10.1 Å². The number of carbonyl (C=O) groups excluding carboxylic acids is 1. The molecule has 1 aliphatic rings. The lowest BCUT2D eigenvalue weighted by Gasteiger charge is -2.32. The fraction of sp³-hybridized carbons (Fsp3) is 0.409. The van der Waals surface area contributed by atoms with Gasteiger partial charge < -0.3 is 4.90 Å². The van der Waals surface area contributed by atoms with Crippen molar-refractivity contribution in [2.45, 2.75) is 36.8 Å². The molecule has 0 saturated carbocycles. The molecular formula is C22H27FN2O5S2. The monoisotopic (exact) mass is 482 g/mol. The molecule has 3 rings (SSSR count). The van der Waals surface area contributed by atoms with Crippen LogP contribution in [0.3, 0.4) is 0 Å². The molecule has 0 bridgehead atoms. The fourth-order valence-electron chi connectivity index (χ4n) is 3.79. The van der Waals surface area contributed by atoms with E-state index in [1.54, 1.807) is 11.0 Å². The van der Waals surface area contributed by atoms with E-state index >= 15 is 0 Å². The number of hydrogen-bond acceptors (Lipinski definition) is 5. The normalized spacial score (nSPS) is 15.7. The zero-order valence-corrected chi connectivity index (χ0v) is 19.6. The SMILES string of the molecule is CC(C)CS(=O)(=O)C1CCN(C(=O)c2cccc(NS(=O)(=O)c3ccccc3F)c2)CC1. The second-order valence-electron chi connectivity index (χ2n) is 8.33. The number of nitrogens with one attached hydrogen (secondary N) is 1. The number of sulfone groups is 1. The number of benzene rings is 2. The second-order valence-corrected chi connectivity index (χ2v) is 12.3. The Balaban J connectivity index is 1.69. The second kappa shape index (κ2) is 9.58. The topological polar surface area (TPSA) is 101 Å². The molecule has 0 spiro atoms. The maximum absolute atomic E-state index is 13.9. The van der Waals surface area contributed by atoms with Crippen LogP contribution in [0.2, 0.25) is 0 Å². The van der Waals surface area contributed by atoms with Crippen molar-refractivity contribution >= 4 is 31.5 Å². The molecule has 1 heterocycles. The maximum Gasteiger partial charge on any atom is 0.264 e. The molecule has 1 N–H and O–H groups in total. The standard InChI is InChI=1S/C22H27FN2O5S2/c1-16(2)15-31(27,28)19-10-12-25(13-11-19)22(26)17-6-5-7-18(14-17)24-32(29,30)21-9-4-3-8-20(21)23/h3-9,14,16,19,24H,10-13,15H2,1-2H3. The van der Waals surface area contributed by atoms with E-state index in [9.17, 15) is 26.0 Å². The van der Waals surface area contributed by atoms with Gasteiger partial charge in [0.2, 0.25) is 0 Å². The Hall–Kier alpha value is -2.46. The molecule has 1 amide bonds. The third-order valence-electron chi connectivity index (χ3n) is 5.29. The van der Waals surface area contributed by atoms with Gasteiger partial charge in [-0.05, 0) is 49.1 Å². The summed E-state index contributed by atoms with van der Waals surface area (Å²) in [5.41, 5.74) is 0.399. The average Bonchev–Trinajstić information content (AvgIpc) is 2.72. The molecule has 174 valence electrons. The van der Waals surface area contributed by atoms with Gasteiger partial charge in [-0.3, -0.25) is 9.52 Å². The molecule has 0 aliphatic carbocycles. The number of anilines is 1. The molecule has 1 saturated heterocycles. The minimum absolute atomic E-state index is 0.0514. The molecule has 2 aromatic carbocycles. The van der Waals surface area contributed by atoms with E-state index in [1.165, 1.54) is 30.3 Å². The highest BCUT2D eigenvalue weighted by atomic mass is 32.2. The minimum Gasteiger partial charge on any atom is -0.339 e. The summed E-state index contributed by atoms with van der Waals surface area (Å²) >= 11 is 0. The Morgan fingerprint density at radius 2 is 1.72 bits per heavy atom. The molecule has 2 aromatic rings. The van der Waals surface area contributed by atoms with Crippen molar-refractivity contribution in [2.75, 3.05) is 23.6 Å². The molecule has 10 heteroatoms. The lowest BCUT2D eigenvalue weighted by molar-refractivity contribution is 0.0725. The summed E-state index contributed by atoms with van der Waals surface area (Å²) in [7, 11) is -7.36. The molecule has 7 nitrogen and oxygen atoms in total. The third kappa shape index (κ3) is 5.66. The van der Waals surface area contributed by atoms with Crippen LogP contribution in [0.1, 0.15) is 37.0 Å². The highest BCUT2D eigenvalue weighted by Gasteiger charge is 2.32. The van der Waals surface area contributed by atoms with Gasteiger partial charge in [-0.15, -0.1) is 0 Å². The number of piperidine rings is 1. The van der Waals surface area contributed by atoms with Gasteiger partial charge in [0.05, 0.1) is 11.0 Å². The van der Waals surface area contributed by atoms with E-state index in [1.807, 2.05) is 13.8 Å². The molecule has 0 radical (unpaired) electrons. The van der Waals surface area contributed by atoms with Crippen LogP contribution in [0.5, 0.6) is 0 Å². The van der Waals surface area contributed by atoms with Crippen molar-refractivity contribution in [1.82, 2.24) is 4.90 Å². The van der Waals surface area contributed by atoms with Gasteiger partial charge in [0.25, 0.3) is 15.9 Å². The van der Waals surface area contributed by atoms with Crippen molar-refractivity contribution < 1.29 is 26.0 Å². The van der Waals surface area contributed by atoms with E-state index in [2.05, 4.69) is 4.72 Å². The summed E-state index contributed by atoms with van der Waals surface area (Å²) in [4.78, 5) is 14.0. The largest absolute Gasteiger partial charge is 0.339 e. The van der Waals surface area contributed by atoms with Gasteiger partial charge in [0.15, 0.2) is 9.84 Å². The fourth-order valence-corrected chi connectivity index (χ4v) is 7.05. The minimum atomic E-state index is -4.16. The zero-order chi connectivity index (χ0) is 23.5. The Morgan fingerprint density at radius 3 is 2.34 bits per heavy atom. The number of carbonyl (C=O) groups is 1. The molecule has 32 heavy (non-hydrogen) atoms. The molecule has 1 aliphatic heterocycles. The lowest BCUT2D eigenvalue weighted by Crippen LogP contribution is -2.43. The summed E-state index contributed by atoms with van der Waals surface area (Å²) in [6.07, 6.45) is 0.751. The molecule has 0 atom stereocenters. The van der Waals surface area contributed by atoms with Crippen molar-refractivity contribution in [3.8, 4) is 0 Å². The maximum atomic E-state index is 13.9. The Kier molecular flexibility index (Phi) is 7.24. The van der Waals surface area contributed by atoms with Crippen LogP contribution in [0, 0.1) is 11.7 Å². The van der Waals surface area contributed by atoms with Crippen LogP contribution in [-0.4, -0.2) is 51.7 Å². The van der Waals surface area contributed by atoms with Crippen LogP contribution in [-0.2, 0) is 19.9 Å². The van der Waals surface area contributed by atoms with Crippen LogP contribution < -0.4 is 4.72 Å². The highest BCUT2D eigenvalue weighted by Crippen LogP contribution is 2.23. The van der Waals surface area contributed by atoms with Crippen molar-refractivity contribution in [2.24, 2.45) is 5.92 Å².